The number of likely N-dealkylation sites (N-methyl/N-ethyl adjacent to an activating group) is 1. The number of ether oxygens (including phenoxy) is 1. The van der Waals surface area contributed by atoms with Crippen LogP contribution in [0.3, 0.4) is 0 Å². The average Bonchev–Trinajstić information content (AvgIpc) is 2.55. The fourth-order valence-corrected chi connectivity index (χ4v) is 3.10. The first kappa shape index (κ1) is 17.3. The molecule has 1 aliphatic heterocycles. The number of methoxy groups -OCH3 is 1. The van der Waals surface area contributed by atoms with Gasteiger partial charge in [-0.2, -0.15) is 0 Å². The monoisotopic (exact) mass is 304 g/mol. The van der Waals surface area contributed by atoms with Crippen molar-refractivity contribution in [3.05, 3.63) is 29.3 Å². The lowest BCUT2D eigenvalue weighted by Crippen LogP contribution is -2.44. The van der Waals surface area contributed by atoms with Crippen molar-refractivity contribution >= 4 is 0 Å². The van der Waals surface area contributed by atoms with Crippen LogP contribution in [0.4, 0.5) is 0 Å². The van der Waals surface area contributed by atoms with E-state index >= 15 is 0 Å². The zero-order chi connectivity index (χ0) is 15.9. The molecule has 22 heavy (non-hydrogen) atoms. The number of rotatable bonds is 7. The zero-order valence-corrected chi connectivity index (χ0v) is 14.8. The molecular formula is C19H32N2O. The standard InChI is InChI=1S/C19H32N2O/c1-5-16(2)17-8-9-19(22-4)18(15-17)7-6-10-21-13-11-20(3)12-14-21/h8-9,15-16H,5-7,10-14H2,1-4H3. The summed E-state index contributed by atoms with van der Waals surface area (Å²) in [4.78, 5) is 5.00. The first-order valence-electron chi connectivity index (χ1n) is 8.71. The van der Waals surface area contributed by atoms with Gasteiger partial charge in [0.2, 0.25) is 0 Å². The van der Waals surface area contributed by atoms with Gasteiger partial charge in [0, 0.05) is 26.2 Å². The Balaban J connectivity index is 1.90. The molecule has 1 saturated heterocycles. The molecule has 124 valence electrons. The Morgan fingerprint density at radius 1 is 1.18 bits per heavy atom. The summed E-state index contributed by atoms with van der Waals surface area (Å²) in [7, 11) is 3.99. The second kappa shape index (κ2) is 8.54. The zero-order valence-electron chi connectivity index (χ0n) is 14.8. The van der Waals surface area contributed by atoms with Gasteiger partial charge in [-0.3, -0.25) is 0 Å². The molecule has 3 heteroatoms. The minimum Gasteiger partial charge on any atom is -0.496 e. The summed E-state index contributed by atoms with van der Waals surface area (Å²) >= 11 is 0. The van der Waals surface area contributed by atoms with E-state index in [-0.39, 0.29) is 0 Å². The second-order valence-electron chi connectivity index (χ2n) is 6.63. The molecule has 1 aromatic carbocycles. The van der Waals surface area contributed by atoms with Gasteiger partial charge in [0.1, 0.15) is 5.75 Å². The minimum atomic E-state index is 0.627. The lowest BCUT2D eigenvalue weighted by molar-refractivity contribution is 0.153. The molecule has 1 unspecified atom stereocenters. The molecule has 1 aliphatic rings. The van der Waals surface area contributed by atoms with Crippen molar-refractivity contribution in [3.8, 4) is 5.75 Å². The summed E-state index contributed by atoms with van der Waals surface area (Å²) in [6.45, 7) is 10.6. The van der Waals surface area contributed by atoms with E-state index in [0.29, 0.717) is 5.92 Å². The molecule has 1 atom stereocenters. The quantitative estimate of drug-likeness (QED) is 0.768. The fraction of sp³-hybridized carbons (Fsp3) is 0.684. The average molecular weight is 304 g/mol. The second-order valence-corrected chi connectivity index (χ2v) is 6.63. The molecule has 0 aromatic heterocycles. The van der Waals surface area contributed by atoms with Crippen molar-refractivity contribution in [1.29, 1.82) is 0 Å². The molecule has 0 amide bonds. The van der Waals surface area contributed by atoms with Crippen LogP contribution < -0.4 is 4.74 Å². The smallest absolute Gasteiger partial charge is 0.122 e. The molecule has 0 aliphatic carbocycles. The van der Waals surface area contributed by atoms with Gasteiger partial charge in [0.15, 0.2) is 0 Å². The maximum atomic E-state index is 5.55. The maximum Gasteiger partial charge on any atom is 0.122 e. The number of hydrogen-bond acceptors (Lipinski definition) is 3. The van der Waals surface area contributed by atoms with E-state index in [0.717, 1.165) is 12.2 Å². The molecule has 0 N–H and O–H groups in total. The molecule has 0 radical (unpaired) electrons. The van der Waals surface area contributed by atoms with Crippen LogP contribution >= 0.6 is 0 Å². The first-order valence-corrected chi connectivity index (χ1v) is 8.71. The highest BCUT2D eigenvalue weighted by atomic mass is 16.5. The van der Waals surface area contributed by atoms with E-state index in [9.17, 15) is 0 Å². The molecule has 0 spiro atoms. The largest absolute Gasteiger partial charge is 0.496 e. The third-order valence-electron chi connectivity index (χ3n) is 5.00. The third kappa shape index (κ3) is 4.72. The van der Waals surface area contributed by atoms with Gasteiger partial charge in [0.25, 0.3) is 0 Å². The van der Waals surface area contributed by atoms with Crippen molar-refractivity contribution in [2.75, 3.05) is 46.9 Å². The molecule has 1 heterocycles. The molecule has 1 fully saturated rings. The summed E-state index contributed by atoms with van der Waals surface area (Å²) in [6, 6.07) is 6.72. The molecular weight excluding hydrogens is 272 g/mol. The summed E-state index contributed by atoms with van der Waals surface area (Å²) < 4.78 is 5.55. The van der Waals surface area contributed by atoms with Crippen LogP contribution in [0.15, 0.2) is 18.2 Å². The van der Waals surface area contributed by atoms with E-state index in [1.54, 1.807) is 7.11 Å². The Labute approximate surface area is 136 Å². The predicted octanol–water partition coefficient (Wildman–Crippen LogP) is 3.39. The molecule has 0 saturated carbocycles. The van der Waals surface area contributed by atoms with E-state index in [1.807, 2.05) is 0 Å². The summed E-state index contributed by atoms with van der Waals surface area (Å²) in [5, 5.41) is 0. The van der Waals surface area contributed by atoms with Crippen molar-refractivity contribution in [3.63, 3.8) is 0 Å². The highest BCUT2D eigenvalue weighted by Gasteiger charge is 2.14. The molecule has 1 aromatic rings. The summed E-state index contributed by atoms with van der Waals surface area (Å²) in [6.07, 6.45) is 3.51. The third-order valence-corrected chi connectivity index (χ3v) is 5.00. The van der Waals surface area contributed by atoms with Gasteiger partial charge in [-0.05, 0) is 56.0 Å². The maximum absolute atomic E-state index is 5.55. The van der Waals surface area contributed by atoms with E-state index in [2.05, 4.69) is 48.9 Å². The van der Waals surface area contributed by atoms with Crippen LogP contribution in [0.1, 0.15) is 43.7 Å². The van der Waals surface area contributed by atoms with Crippen LogP contribution in [-0.2, 0) is 6.42 Å². The van der Waals surface area contributed by atoms with Crippen LogP contribution in [0.2, 0.25) is 0 Å². The number of piperazine rings is 1. The van der Waals surface area contributed by atoms with E-state index in [4.69, 9.17) is 4.74 Å². The van der Waals surface area contributed by atoms with Crippen LogP contribution in [0.25, 0.3) is 0 Å². The van der Waals surface area contributed by atoms with Crippen LogP contribution in [0.5, 0.6) is 5.75 Å². The van der Waals surface area contributed by atoms with E-state index in [1.165, 1.54) is 56.7 Å². The van der Waals surface area contributed by atoms with Crippen LogP contribution in [0, 0.1) is 0 Å². The highest BCUT2D eigenvalue weighted by Crippen LogP contribution is 2.27. The van der Waals surface area contributed by atoms with Gasteiger partial charge < -0.3 is 14.5 Å². The topological polar surface area (TPSA) is 15.7 Å². The van der Waals surface area contributed by atoms with Gasteiger partial charge in [0.05, 0.1) is 7.11 Å². The van der Waals surface area contributed by atoms with Crippen LogP contribution in [-0.4, -0.2) is 56.7 Å². The van der Waals surface area contributed by atoms with Gasteiger partial charge in [-0.25, -0.2) is 0 Å². The molecule has 3 nitrogen and oxygen atoms in total. The number of nitrogens with zero attached hydrogens (tertiary/aromatic N) is 2. The Kier molecular flexibility index (Phi) is 6.71. The number of aryl methyl sites for hydroxylation is 1. The van der Waals surface area contributed by atoms with Crippen molar-refractivity contribution in [1.82, 2.24) is 9.80 Å². The Bertz CT molecular complexity index is 453. The van der Waals surface area contributed by atoms with Gasteiger partial charge >= 0.3 is 0 Å². The summed E-state index contributed by atoms with van der Waals surface area (Å²) in [5.41, 5.74) is 2.81. The Morgan fingerprint density at radius 2 is 1.91 bits per heavy atom. The number of hydrogen-bond donors (Lipinski definition) is 0. The Morgan fingerprint density at radius 3 is 2.55 bits per heavy atom. The predicted molar refractivity (Wildman–Crippen MR) is 94.0 cm³/mol. The minimum absolute atomic E-state index is 0.627. The van der Waals surface area contributed by atoms with Crippen molar-refractivity contribution in [2.45, 2.75) is 39.0 Å². The lowest BCUT2D eigenvalue weighted by atomic mass is 9.95. The lowest BCUT2D eigenvalue weighted by Gasteiger charge is -2.32. The van der Waals surface area contributed by atoms with Crippen molar-refractivity contribution in [2.24, 2.45) is 0 Å². The molecule has 2 rings (SSSR count). The first-order chi connectivity index (χ1) is 10.6. The van der Waals surface area contributed by atoms with Crippen molar-refractivity contribution < 1.29 is 4.74 Å². The normalized spacial score (nSPS) is 18.4. The molecule has 0 bridgehead atoms. The SMILES string of the molecule is CCC(C)c1ccc(OC)c(CCCN2CCN(C)CC2)c1. The van der Waals surface area contributed by atoms with Gasteiger partial charge in [-0.1, -0.05) is 26.0 Å². The van der Waals surface area contributed by atoms with Gasteiger partial charge in [-0.15, -0.1) is 0 Å². The number of benzene rings is 1. The summed E-state index contributed by atoms with van der Waals surface area (Å²) in [5.74, 6) is 1.67. The Hall–Kier alpha value is -1.06. The fourth-order valence-electron chi connectivity index (χ4n) is 3.10. The highest BCUT2D eigenvalue weighted by molar-refractivity contribution is 5.38. The van der Waals surface area contributed by atoms with E-state index < -0.39 is 0 Å².